The summed E-state index contributed by atoms with van der Waals surface area (Å²) in [5, 5.41) is 0.108. The van der Waals surface area contributed by atoms with Crippen LogP contribution in [0.5, 0.6) is 5.75 Å². The van der Waals surface area contributed by atoms with E-state index in [4.69, 9.17) is 13.9 Å². The number of benzene rings is 3. The first-order valence-corrected chi connectivity index (χ1v) is 11.4. The monoisotopic (exact) mass is 473 g/mol. The Morgan fingerprint density at radius 3 is 2.63 bits per heavy atom. The highest BCUT2D eigenvalue weighted by molar-refractivity contribution is 5.99. The third kappa shape index (κ3) is 4.42. The van der Waals surface area contributed by atoms with Gasteiger partial charge in [-0.1, -0.05) is 42.5 Å². The van der Waals surface area contributed by atoms with E-state index in [1.54, 1.807) is 12.0 Å². The Balaban J connectivity index is 1.57. The fourth-order valence-electron chi connectivity index (χ4n) is 4.46. The first-order chi connectivity index (χ1) is 17.1. The van der Waals surface area contributed by atoms with Crippen molar-refractivity contribution in [3.05, 3.63) is 111 Å². The van der Waals surface area contributed by atoms with Gasteiger partial charge in [0.25, 0.3) is 5.91 Å². The summed E-state index contributed by atoms with van der Waals surface area (Å²) in [7, 11) is 1.60. The van der Waals surface area contributed by atoms with Crippen LogP contribution >= 0.6 is 0 Å². The van der Waals surface area contributed by atoms with Gasteiger partial charge in [-0.25, -0.2) is 4.39 Å². The Kier molecular flexibility index (Phi) is 6.33. The smallest absolute Gasteiger partial charge is 0.290 e. The van der Waals surface area contributed by atoms with E-state index in [1.807, 2.05) is 54.6 Å². The molecule has 178 valence electrons. The molecule has 0 radical (unpaired) electrons. The number of halogens is 1. The molecule has 0 saturated heterocycles. The molecule has 1 aromatic heterocycles. The molecule has 5 rings (SSSR count). The van der Waals surface area contributed by atoms with Crippen molar-refractivity contribution in [2.45, 2.75) is 19.1 Å². The van der Waals surface area contributed by atoms with Crippen LogP contribution in [0.2, 0.25) is 0 Å². The average Bonchev–Trinajstić information content (AvgIpc) is 3.16. The van der Waals surface area contributed by atoms with Crippen LogP contribution in [-0.2, 0) is 11.3 Å². The molecule has 1 atom stereocenters. The largest absolute Gasteiger partial charge is 0.489 e. The van der Waals surface area contributed by atoms with Gasteiger partial charge in [-0.3, -0.25) is 9.59 Å². The van der Waals surface area contributed by atoms with Gasteiger partial charge in [0, 0.05) is 20.3 Å². The van der Waals surface area contributed by atoms with E-state index in [0.29, 0.717) is 37.5 Å². The van der Waals surface area contributed by atoms with Crippen molar-refractivity contribution >= 4 is 16.9 Å². The number of nitrogens with zero attached hydrogens (tertiary/aromatic N) is 1. The third-order valence-electron chi connectivity index (χ3n) is 6.10. The highest BCUT2D eigenvalue weighted by atomic mass is 19.1. The van der Waals surface area contributed by atoms with E-state index < -0.39 is 17.3 Å². The van der Waals surface area contributed by atoms with Gasteiger partial charge in [0.2, 0.25) is 5.76 Å². The normalized spacial score (nSPS) is 15.0. The topological polar surface area (TPSA) is 69.0 Å². The predicted octanol–water partition coefficient (Wildman–Crippen LogP) is 5.09. The summed E-state index contributed by atoms with van der Waals surface area (Å²) in [5.41, 5.74) is 1.72. The number of fused-ring (bicyclic) bond motifs is 2. The molecule has 1 unspecified atom stereocenters. The van der Waals surface area contributed by atoms with Gasteiger partial charge in [0.1, 0.15) is 23.8 Å². The summed E-state index contributed by atoms with van der Waals surface area (Å²) in [4.78, 5) is 28.5. The van der Waals surface area contributed by atoms with Crippen LogP contribution in [0.25, 0.3) is 11.0 Å². The number of ether oxygens (including phenoxy) is 2. The zero-order valence-electron chi connectivity index (χ0n) is 19.2. The minimum Gasteiger partial charge on any atom is -0.489 e. The fraction of sp³-hybridized carbons (Fsp3) is 0.214. The van der Waals surface area contributed by atoms with Gasteiger partial charge in [0.05, 0.1) is 17.0 Å². The first kappa shape index (κ1) is 22.8. The molecular formula is C28H24FNO5. The van der Waals surface area contributed by atoms with Crippen molar-refractivity contribution in [2.75, 3.05) is 20.3 Å². The molecule has 0 N–H and O–H groups in total. The molecule has 0 fully saturated rings. The molecule has 35 heavy (non-hydrogen) atoms. The SMILES string of the molecule is COCCCN1C(=O)c2oc3ccc(F)cc3c(=O)c2C1c1cccc(OCc2ccccc2)c1. The predicted molar refractivity (Wildman–Crippen MR) is 129 cm³/mol. The zero-order valence-corrected chi connectivity index (χ0v) is 19.2. The second kappa shape index (κ2) is 9.72. The molecule has 6 nitrogen and oxygen atoms in total. The summed E-state index contributed by atoms with van der Waals surface area (Å²) in [6.45, 7) is 1.20. The molecule has 3 aromatic carbocycles. The van der Waals surface area contributed by atoms with E-state index >= 15 is 0 Å². The average molecular weight is 474 g/mol. The van der Waals surface area contributed by atoms with Crippen molar-refractivity contribution < 1.29 is 23.1 Å². The van der Waals surface area contributed by atoms with E-state index in [2.05, 4.69) is 0 Å². The maximum atomic E-state index is 13.9. The van der Waals surface area contributed by atoms with Crippen LogP contribution in [0.3, 0.4) is 0 Å². The lowest BCUT2D eigenvalue weighted by Crippen LogP contribution is -2.31. The lowest BCUT2D eigenvalue weighted by atomic mass is 9.98. The zero-order chi connectivity index (χ0) is 24.4. The van der Waals surface area contributed by atoms with Crippen molar-refractivity contribution in [3.8, 4) is 5.75 Å². The third-order valence-corrected chi connectivity index (χ3v) is 6.10. The molecule has 7 heteroatoms. The molecule has 0 aliphatic carbocycles. The summed E-state index contributed by atoms with van der Waals surface area (Å²) in [6.07, 6.45) is 0.583. The number of carbonyl (C=O) groups is 1. The quantitative estimate of drug-likeness (QED) is 0.333. The Morgan fingerprint density at radius 2 is 1.83 bits per heavy atom. The lowest BCUT2D eigenvalue weighted by Gasteiger charge is -2.25. The molecule has 2 heterocycles. The number of rotatable bonds is 8. The van der Waals surface area contributed by atoms with Gasteiger partial charge in [-0.05, 0) is 47.9 Å². The maximum absolute atomic E-state index is 13.9. The van der Waals surface area contributed by atoms with Crippen LogP contribution in [0.1, 0.15) is 39.7 Å². The maximum Gasteiger partial charge on any atom is 0.290 e. The molecule has 4 aromatic rings. The second-order valence-electron chi connectivity index (χ2n) is 8.41. The molecule has 0 saturated carbocycles. The van der Waals surface area contributed by atoms with Crippen molar-refractivity contribution in [1.29, 1.82) is 0 Å². The standard InChI is InChI=1S/C28H24FNO5/c1-33-14-6-13-30-25(19-9-5-10-21(15-19)34-17-18-7-3-2-4-8-18)24-26(31)22-16-20(29)11-12-23(22)35-27(24)28(30)32/h2-5,7-12,15-16,25H,6,13-14,17H2,1H3. The van der Waals surface area contributed by atoms with Crippen LogP contribution in [0, 0.1) is 5.82 Å². The summed E-state index contributed by atoms with van der Waals surface area (Å²) >= 11 is 0. The van der Waals surface area contributed by atoms with E-state index in [-0.39, 0.29) is 28.2 Å². The Labute approximate surface area is 201 Å². The van der Waals surface area contributed by atoms with Gasteiger partial charge < -0.3 is 18.8 Å². The molecule has 1 amide bonds. The summed E-state index contributed by atoms with van der Waals surface area (Å²) in [6, 6.07) is 20.2. The van der Waals surface area contributed by atoms with Crippen LogP contribution in [0.15, 0.2) is 82.0 Å². The lowest BCUT2D eigenvalue weighted by molar-refractivity contribution is 0.0707. The van der Waals surface area contributed by atoms with Crippen molar-refractivity contribution in [1.82, 2.24) is 4.90 Å². The molecule has 1 aliphatic rings. The fourth-order valence-corrected chi connectivity index (χ4v) is 4.46. The van der Waals surface area contributed by atoms with E-state index in [0.717, 1.165) is 11.6 Å². The number of hydrogen-bond donors (Lipinski definition) is 0. The van der Waals surface area contributed by atoms with Crippen LogP contribution < -0.4 is 10.2 Å². The van der Waals surface area contributed by atoms with Gasteiger partial charge in [-0.2, -0.15) is 0 Å². The van der Waals surface area contributed by atoms with Crippen LogP contribution in [0.4, 0.5) is 4.39 Å². The van der Waals surface area contributed by atoms with E-state index in [1.165, 1.54) is 12.1 Å². The molecule has 0 spiro atoms. The number of amides is 1. The van der Waals surface area contributed by atoms with Gasteiger partial charge in [0.15, 0.2) is 5.43 Å². The summed E-state index contributed by atoms with van der Waals surface area (Å²) < 4.78 is 30.9. The molecular weight excluding hydrogens is 449 g/mol. The van der Waals surface area contributed by atoms with E-state index in [9.17, 15) is 14.0 Å². The van der Waals surface area contributed by atoms with Crippen molar-refractivity contribution in [3.63, 3.8) is 0 Å². The molecule has 1 aliphatic heterocycles. The van der Waals surface area contributed by atoms with Crippen molar-refractivity contribution in [2.24, 2.45) is 0 Å². The summed E-state index contributed by atoms with van der Waals surface area (Å²) in [5.74, 6) is -0.314. The highest BCUT2D eigenvalue weighted by Crippen LogP contribution is 2.39. The minimum atomic E-state index is -0.682. The van der Waals surface area contributed by atoms with Gasteiger partial charge in [-0.15, -0.1) is 0 Å². The Bertz CT molecular complexity index is 1430. The van der Waals surface area contributed by atoms with Gasteiger partial charge >= 0.3 is 0 Å². The highest BCUT2D eigenvalue weighted by Gasteiger charge is 2.42. The number of carbonyl (C=O) groups excluding carboxylic acids is 1. The van der Waals surface area contributed by atoms with Crippen LogP contribution in [-0.4, -0.2) is 31.1 Å². The Morgan fingerprint density at radius 1 is 1.00 bits per heavy atom. The second-order valence-corrected chi connectivity index (χ2v) is 8.41. The Hall–Kier alpha value is -3.97. The molecule has 0 bridgehead atoms. The first-order valence-electron chi connectivity index (χ1n) is 11.4. The number of hydrogen-bond acceptors (Lipinski definition) is 5. The number of methoxy groups -OCH3 is 1. The minimum absolute atomic E-state index is 0.00729.